The molecule has 0 radical (unpaired) electrons. The Morgan fingerprint density at radius 2 is 1.60 bits per heavy atom. The number of thiophene rings is 1. The van der Waals surface area contributed by atoms with Crippen LogP contribution in [0.25, 0.3) is 11.1 Å². The molecular weight excluding hydrogens is 663 g/mol. The van der Waals surface area contributed by atoms with Gasteiger partial charge in [0.25, 0.3) is 10.0 Å². The normalized spacial score (nSPS) is 37.2. The third kappa shape index (κ3) is 4.60. The van der Waals surface area contributed by atoms with E-state index in [1.807, 2.05) is 61.5 Å². The average molecular weight is 712 g/mol. The highest BCUT2D eigenvalue weighted by molar-refractivity contribution is 7.91. The van der Waals surface area contributed by atoms with Gasteiger partial charge in [-0.05, 0) is 91.2 Å². The fourth-order valence-electron chi connectivity index (χ4n) is 11.7. The molecule has 6 aliphatic rings. The minimum Gasteiger partial charge on any atom is -0.393 e. The number of fused-ring (bicyclic) bond motifs is 1. The van der Waals surface area contributed by atoms with E-state index in [0.717, 1.165) is 42.4 Å². The van der Waals surface area contributed by atoms with E-state index in [4.69, 9.17) is 0 Å². The summed E-state index contributed by atoms with van der Waals surface area (Å²) in [4.78, 5) is 15.4. The van der Waals surface area contributed by atoms with E-state index in [9.17, 15) is 18.6 Å². The van der Waals surface area contributed by atoms with Crippen molar-refractivity contribution in [1.29, 1.82) is 0 Å². The molecule has 2 aromatic carbocycles. The Bertz CT molecular complexity index is 1970. The van der Waals surface area contributed by atoms with E-state index in [2.05, 4.69) is 32.1 Å². The van der Waals surface area contributed by atoms with E-state index in [1.54, 1.807) is 17.5 Å². The number of nitrogens with zero attached hydrogens (tertiary/aromatic N) is 1. The summed E-state index contributed by atoms with van der Waals surface area (Å²) in [5.41, 5.74) is 0.256. The molecule has 9 rings (SSSR count). The first-order valence-electron chi connectivity index (χ1n) is 18.4. The molecule has 6 aliphatic carbocycles. The van der Waals surface area contributed by atoms with E-state index in [-0.39, 0.29) is 29.6 Å². The van der Waals surface area contributed by atoms with Crippen molar-refractivity contribution in [2.75, 3.05) is 13.1 Å². The van der Waals surface area contributed by atoms with Gasteiger partial charge >= 0.3 is 0 Å². The Hall–Kier alpha value is -2.88. The number of ketones is 1. The first-order chi connectivity index (χ1) is 23.9. The van der Waals surface area contributed by atoms with Gasteiger partial charge in [0.2, 0.25) is 0 Å². The number of allylic oxidation sites excluding steroid dienone is 4. The van der Waals surface area contributed by atoms with Crippen molar-refractivity contribution < 1.29 is 23.4 Å². The van der Waals surface area contributed by atoms with E-state index < -0.39 is 38.0 Å². The van der Waals surface area contributed by atoms with Crippen LogP contribution in [0.2, 0.25) is 0 Å². The largest absolute Gasteiger partial charge is 0.393 e. The Balaban J connectivity index is 1.26. The van der Waals surface area contributed by atoms with Gasteiger partial charge in [0.05, 0.1) is 11.7 Å². The van der Waals surface area contributed by atoms with Crippen LogP contribution in [0.5, 0.6) is 0 Å². The van der Waals surface area contributed by atoms with Crippen molar-refractivity contribution in [3.8, 4) is 11.1 Å². The molecule has 6 nitrogen and oxygen atoms in total. The smallest absolute Gasteiger partial charge is 0.252 e. The number of carbonyl (C=O) groups excluding carboxylic acids is 1. The molecule has 3 saturated carbocycles. The number of sulfonamides is 1. The second-order valence-electron chi connectivity index (χ2n) is 16.3. The second kappa shape index (κ2) is 11.8. The highest BCUT2D eigenvalue weighted by Crippen LogP contribution is 2.78. The zero-order chi connectivity index (χ0) is 35.2. The van der Waals surface area contributed by atoms with E-state index in [0.29, 0.717) is 42.0 Å². The molecule has 8 heteroatoms. The first kappa shape index (κ1) is 34.2. The van der Waals surface area contributed by atoms with Gasteiger partial charge in [0.15, 0.2) is 5.78 Å². The molecule has 3 aromatic rings. The van der Waals surface area contributed by atoms with Crippen LogP contribution in [0.1, 0.15) is 82.5 Å². The first-order valence-corrected chi connectivity index (χ1v) is 20.7. The van der Waals surface area contributed by atoms with Gasteiger partial charge in [-0.3, -0.25) is 4.79 Å². The number of hydrogen-bond donors (Lipinski definition) is 2. The molecule has 2 spiro atoms. The minimum absolute atomic E-state index is 0.0212. The minimum atomic E-state index is -3.78. The lowest BCUT2D eigenvalue weighted by molar-refractivity contribution is -0.173. The Labute approximate surface area is 301 Å². The maximum atomic E-state index is 15.4. The van der Waals surface area contributed by atoms with Gasteiger partial charge in [-0.2, -0.15) is 4.31 Å². The predicted octanol–water partition coefficient (Wildman–Crippen LogP) is 8.29. The zero-order valence-corrected chi connectivity index (χ0v) is 31.0. The average Bonchev–Trinajstić information content (AvgIpc) is 3.75. The van der Waals surface area contributed by atoms with Gasteiger partial charge in [-0.1, -0.05) is 99.7 Å². The summed E-state index contributed by atoms with van der Waals surface area (Å²) in [5.74, 6) is 0.110. The standard InChI is InChI=1S/C42H49NO5S2/c1-4-24-43(50(47,48)36-15-10-25-49-36)28-41(46)21-18-35-39(41,3)20-17-34-38(2)19-16-30(44)26-40(38)22-23-42(34,35)33(27-40)37(45)32-14-9-8-13-31(32)29-11-6-5-7-12-29/h5-15,22-23,25,27,30,34-35,44,46H,4,16-21,24,26,28H2,1-3H3. The van der Waals surface area contributed by atoms with E-state index >= 15 is 4.79 Å². The van der Waals surface area contributed by atoms with Crippen molar-refractivity contribution in [2.24, 2.45) is 33.5 Å². The third-order valence-corrected chi connectivity index (χ3v) is 17.4. The van der Waals surface area contributed by atoms with Gasteiger partial charge in [0, 0.05) is 40.5 Å². The number of rotatable bonds is 9. The number of benzene rings is 2. The highest BCUT2D eigenvalue weighted by Gasteiger charge is 2.74. The molecule has 2 N–H and O–H groups in total. The quantitative estimate of drug-likeness (QED) is 0.172. The lowest BCUT2D eigenvalue weighted by atomic mass is 9.32. The second-order valence-corrected chi connectivity index (χ2v) is 19.4. The van der Waals surface area contributed by atoms with Crippen molar-refractivity contribution >= 4 is 27.1 Å². The molecule has 264 valence electrons. The van der Waals surface area contributed by atoms with Crippen LogP contribution in [0.3, 0.4) is 0 Å². The number of aliphatic hydroxyl groups excluding tert-OH is 1. The summed E-state index contributed by atoms with van der Waals surface area (Å²) in [6.45, 7) is 6.91. The molecular formula is C42H49NO5S2. The van der Waals surface area contributed by atoms with E-state index in [1.165, 1.54) is 15.6 Å². The number of hydrogen-bond acceptors (Lipinski definition) is 6. The lowest BCUT2D eigenvalue weighted by Gasteiger charge is -2.71. The monoisotopic (exact) mass is 711 g/mol. The van der Waals surface area contributed by atoms with Crippen LogP contribution in [0.15, 0.2) is 100 Å². The van der Waals surface area contributed by atoms with Crippen molar-refractivity contribution in [2.45, 2.75) is 88.1 Å². The number of carbonyl (C=O) groups is 1. The topological polar surface area (TPSA) is 94.9 Å². The summed E-state index contributed by atoms with van der Waals surface area (Å²) >= 11 is 1.21. The molecule has 1 aromatic heterocycles. The molecule has 0 saturated heterocycles. The molecule has 0 aliphatic heterocycles. The van der Waals surface area contributed by atoms with Crippen LogP contribution in [-0.2, 0) is 10.0 Å². The summed E-state index contributed by atoms with van der Waals surface area (Å²) in [6.07, 6.45) is 12.1. The molecule has 1 heterocycles. The zero-order valence-electron chi connectivity index (χ0n) is 29.3. The maximum Gasteiger partial charge on any atom is 0.252 e. The third-order valence-electron chi connectivity index (χ3n) is 14.2. The summed E-state index contributed by atoms with van der Waals surface area (Å²) in [7, 11) is -3.78. The molecule has 8 atom stereocenters. The van der Waals surface area contributed by atoms with Crippen LogP contribution in [0, 0.1) is 33.5 Å². The fourth-order valence-corrected chi connectivity index (χ4v) is 14.4. The maximum absolute atomic E-state index is 15.4. The van der Waals surface area contributed by atoms with Crippen LogP contribution < -0.4 is 0 Å². The molecule has 2 bridgehead atoms. The van der Waals surface area contributed by atoms with Crippen LogP contribution in [-0.4, -0.2) is 53.5 Å². The Kier molecular flexibility index (Phi) is 8.09. The summed E-state index contributed by atoms with van der Waals surface area (Å²) in [5, 5.41) is 25.8. The van der Waals surface area contributed by atoms with Crippen LogP contribution in [0.4, 0.5) is 0 Å². The number of aliphatic hydroxyl groups is 2. The molecule has 0 amide bonds. The molecule has 3 fully saturated rings. The fraction of sp³-hybridized carbons (Fsp3) is 0.500. The van der Waals surface area contributed by atoms with Crippen molar-refractivity contribution in [3.63, 3.8) is 0 Å². The lowest BCUT2D eigenvalue weighted by Crippen LogP contribution is -2.67. The van der Waals surface area contributed by atoms with Gasteiger partial charge in [-0.15, -0.1) is 11.3 Å². The van der Waals surface area contributed by atoms with Crippen molar-refractivity contribution in [1.82, 2.24) is 4.31 Å². The number of Topliss-reactive ketones (excluding diaryl/α,β-unsaturated/α-hetero) is 1. The summed E-state index contributed by atoms with van der Waals surface area (Å²) < 4.78 is 29.7. The van der Waals surface area contributed by atoms with Crippen molar-refractivity contribution in [3.05, 3.63) is 101 Å². The highest BCUT2D eigenvalue weighted by atomic mass is 32.2. The molecule has 8 unspecified atom stereocenters. The van der Waals surface area contributed by atoms with Crippen LogP contribution >= 0.6 is 11.3 Å². The SMILES string of the molecule is CCCN(CC1(O)CCC2C34C=CC5(C=C3C(=O)c3ccccc3-c3ccccc3)CC(O)CCC5(C)C4CCC21C)S(=O)(=O)c1cccs1. The Morgan fingerprint density at radius 1 is 0.900 bits per heavy atom. The van der Waals surface area contributed by atoms with Gasteiger partial charge in [-0.25, -0.2) is 8.42 Å². The van der Waals surface area contributed by atoms with Gasteiger partial charge < -0.3 is 10.2 Å². The molecule has 50 heavy (non-hydrogen) atoms. The van der Waals surface area contributed by atoms with Gasteiger partial charge in [0.1, 0.15) is 4.21 Å². The Morgan fingerprint density at radius 3 is 2.34 bits per heavy atom. The predicted molar refractivity (Wildman–Crippen MR) is 198 cm³/mol. The summed E-state index contributed by atoms with van der Waals surface area (Å²) in [6, 6.07) is 21.4.